The molecule has 0 amide bonds. The molecule has 0 aromatic rings. The standard InChI is InChI=1S/C10H18/c1-4-6-7-9-10(3)8-5-2/h4,6,8H,5,7,9H2,1-3H3/b6-4+,10-8+. The maximum absolute atomic E-state index is 2.30. The highest BCUT2D eigenvalue weighted by Crippen LogP contribution is 2.04. The first-order chi connectivity index (χ1) is 4.81. The first-order valence-corrected chi connectivity index (χ1v) is 4.08. The first-order valence-electron chi connectivity index (χ1n) is 4.08. The SMILES string of the molecule is C/C=C/CC/C(C)=C/CC. The van der Waals surface area contributed by atoms with E-state index < -0.39 is 0 Å². The zero-order valence-electron chi connectivity index (χ0n) is 7.35. The minimum Gasteiger partial charge on any atom is -0.0917 e. The van der Waals surface area contributed by atoms with Gasteiger partial charge in [0.05, 0.1) is 0 Å². The van der Waals surface area contributed by atoms with Crippen molar-refractivity contribution in [1.82, 2.24) is 0 Å². The van der Waals surface area contributed by atoms with Crippen molar-refractivity contribution in [3.63, 3.8) is 0 Å². The van der Waals surface area contributed by atoms with Crippen LogP contribution in [-0.2, 0) is 0 Å². The Morgan fingerprint density at radius 2 is 2.10 bits per heavy atom. The topological polar surface area (TPSA) is 0 Å². The van der Waals surface area contributed by atoms with Gasteiger partial charge in [0.2, 0.25) is 0 Å². The fraction of sp³-hybridized carbons (Fsp3) is 0.600. The molecular formula is C10H18. The van der Waals surface area contributed by atoms with E-state index in [1.54, 1.807) is 0 Å². The molecule has 0 aliphatic heterocycles. The minimum atomic E-state index is 1.17. The van der Waals surface area contributed by atoms with Crippen molar-refractivity contribution in [1.29, 1.82) is 0 Å². The van der Waals surface area contributed by atoms with Crippen LogP contribution in [0.15, 0.2) is 23.8 Å². The molecule has 0 fully saturated rings. The fourth-order valence-corrected chi connectivity index (χ4v) is 0.928. The van der Waals surface area contributed by atoms with Crippen molar-refractivity contribution < 1.29 is 0 Å². The minimum absolute atomic E-state index is 1.17. The molecule has 0 atom stereocenters. The van der Waals surface area contributed by atoms with Crippen LogP contribution in [0.4, 0.5) is 0 Å². The Morgan fingerprint density at radius 3 is 2.60 bits per heavy atom. The zero-order valence-corrected chi connectivity index (χ0v) is 7.35. The lowest BCUT2D eigenvalue weighted by atomic mass is 10.1. The van der Waals surface area contributed by atoms with Crippen molar-refractivity contribution in [3.05, 3.63) is 23.8 Å². The molecule has 0 heteroatoms. The van der Waals surface area contributed by atoms with Crippen molar-refractivity contribution in [2.24, 2.45) is 0 Å². The van der Waals surface area contributed by atoms with Gasteiger partial charge in [-0.1, -0.05) is 30.7 Å². The van der Waals surface area contributed by atoms with E-state index in [1.165, 1.54) is 24.8 Å². The third-order valence-corrected chi connectivity index (χ3v) is 1.49. The smallest absolute Gasteiger partial charge is 0.0288 e. The molecule has 0 aliphatic rings. The van der Waals surface area contributed by atoms with Crippen LogP contribution in [0.2, 0.25) is 0 Å². The van der Waals surface area contributed by atoms with Gasteiger partial charge < -0.3 is 0 Å². The van der Waals surface area contributed by atoms with Gasteiger partial charge in [-0.3, -0.25) is 0 Å². The molecule has 0 N–H and O–H groups in total. The second kappa shape index (κ2) is 6.60. The molecule has 0 bridgehead atoms. The number of allylic oxidation sites excluding steroid dienone is 4. The number of hydrogen-bond donors (Lipinski definition) is 0. The van der Waals surface area contributed by atoms with Gasteiger partial charge in [0.25, 0.3) is 0 Å². The van der Waals surface area contributed by atoms with E-state index in [0.717, 1.165) is 0 Å². The number of hydrogen-bond acceptors (Lipinski definition) is 0. The lowest BCUT2D eigenvalue weighted by Gasteiger charge is -1.94. The van der Waals surface area contributed by atoms with Crippen LogP contribution in [0.3, 0.4) is 0 Å². The predicted octanol–water partition coefficient (Wildman–Crippen LogP) is 3.70. The maximum Gasteiger partial charge on any atom is -0.0288 e. The van der Waals surface area contributed by atoms with Crippen molar-refractivity contribution in [3.8, 4) is 0 Å². The average Bonchev–Trinajstić information content (AvgIpc) is 1.89. The summed E-state index contributed by atoms with van der Waals surface area (Å²) in [7, 11) is 0. The quantitative estimate of drug-likeness (QED) is 0.520. The normalized spacial score (nSPS) is 12.9. The van der Waals surface area contributed by atoms with E-state index in [1.807, 2.05) is 0 Å². The summed E-state index contributed by atoms with van der Waals surface area (Å²) in [4.78, 5) is 0. The summed E-state index contributed by atoms with van der Waals surface area (Å²) >= 11 is 0. The van der Waals surface area contributed by atoms with Crippen LogP contribution in [0.25, 0.3) is 0 Å². The zero-order chi connectivity index (χ0) is 7.82. The second-order valence-electron chi connectivity index (χ2n) is 2.57. The molecule has 0 radical (unpaired) electrons. The summed E-state index contributed by atoms with van der Waals surface area (Å²) in [5.74, 6) is 0. The van der Waals surface area contributed by atoms with Gasteiger partial charge in [0, 0.05) is 0 Å². The molecule has 0 saturated heterocycles. The fourth-order valence-electron chi connectivity index (χ4n) is 0.928. The van der Waals surface area contributed by atoms with Crippen LogP contribution >= 0.6 is 0 Å². The Bertz CT molecular complexity index is 118. The molecule has 0 aromatic carbocycles. The summed E-state index contributed by atoms with van der Waals surface area (Å²) in [5.41, 5.74) is 1.51. The molecule has 0 rings (SSSR count). The molecule has 0 unspecified atom stereocenters. The molecule has 0 aliphatic carbocycles. The van der Waals surface area contributed by atoms with Crippen molar-refractivity contribution in [2.75, 3.05) is 0 Å². The number of rotatable bonds is 4. The first kappa shape index (κ1) is 9.48. The molecule has 0 aromatic heterocycles. The van der Waals surface area contributed by atoms with Crippen molar-refractivity contribution >= 4 is 0 Å². The van der Waals surface area contributed by atoms with E-state index in [0.29, 0.717) is 0 Å². The summed E-state index contributed by atoms with van der Waals surface area (Å²) in [6.07, 6.45) is 10.2. The lowest BCUT2D eigenvalue weighted by molar-refractivity contribution is 0.960. The van der Waals surface area contributed by atoms with Gasteiger partial charge in [0.15, 0.2) is 0 Å². The summed E-state index contributed by atoms with van der Waals surface area (Å²) in [6.45, 7) is 6.45. The Hall–Kier alpha value is -0.520. The van der Waals surface area contributed by atoms with E-state index in [4.69, 9.17) is 0 Å². The maximum atomic E-state index is 2.30. The average molecular weight is 138 g/mol. The highest BCUT2D eigenvalue weighted by atomic mass is 13.9. The predicted molar refractivity (Wildman–Crippen MR) is 48.1 cm³/mol. The third-order valence-electron chi connectivity index (χ3n) is 1.49. The summed E-state index contributed by atoms with van der Waals surface area (Å²) in [5, 5.41) is 0. The van der Waals surface area contributed by atoms with Crippen LogP contribution in [0.5, 0.6) is 0 Å². The molecule has 0 heterocycles. The van der Waals surface area contributed by atoms with Gasteiger partial charge in [-0.2, -0.15) is 0 Å². The molecule has 0 saturated carbocycles. The highest BCUT2D eigenvalue weighted by molar-refractivity contribution is 4.98. The molecule has 0 nitrogen and oxygen atoms in total. The second-order valence-corrected chi connectivity index (χ2v) is 2.57. The van der Waals surface area contributed by atoms with Gasteiger partial charge in [0.1, 0.15) is 0 Å². The molecule has 0 spiro atoms. The van der Waals surface area contributed by atoms with E-state index >= 15 is 0 Å². The van der Waals surface area contributed by atoms with Crippen LogP contribution < -0.4 is 0 Å². The van der Waals surface area contributed by atoms with Gasteiger partial charge in [-0.15, -0.1) is 0 Å². The summed E-state index contributed by atoms with van der Waals surface area (Å²) < 4.78 is 0. The van der Waals surface area contributed by atoms with E-state index in [2.05, 4.69) is 39.0 Å². The van der Waals surface area contributed by atoms with Crippen LogP contribution in [-0.4, -0.2) is 0 Å². The highest BCUT2D eigenvalue weighted by Gasteiger charge is 1.84. The Kier molecular flexibility index (Phi) is 6.25. The summed E-state index contributed by atoms with van der Waals surface area (Å²) in [6, 6.07) is 0. The Balaban J connectivity index is 3.38. The van der Waals surface area contributed by atoms with Gasteiger partial charge >= 0.3 is 0 Å². The van der Waals surface area contributed by atoms with E-state index in [-0.39, 0.29) is 0 Å². The van der Waals surface area contributed by atoms with Crippen molar-refractivity contribution in [2.45, 2.75) is 40.0 Å². The lowest BCUT2D eigenvalue weighted by Crippen LogP contribution is -1.74. The van der Waals surface area contributed by atoms with Crippen LogP contribution in [0.1, 0.15) is 40.0 Å². The van der Waals surface area contributed by atoms with Crippen LogP contribution in [0, 0.1) is 0 Å². The molecule has 58 valence electrons. The largest absolute Gasteiger partial charge is 0.0917 e. The molecular weight excluding hydrogens is 120 g/mol. The van der Waals surface area contributed by atoms with E-state index in [9.17, 15) is 0 Å². The van der Waals surface area contributed by atoms with Gasteiger partial charge in [-0.05, 0) is 33.1 Å². The van der Waals surface area contributed by atoms with Gasteiger partial charge in [-0.25, -0.2) is 0 Å². The molecule has 10 heavy (non-hydrogen) atoms. The Labute approximate surface area is 64.6 Å². The monoisotopic (exact) mass is 138 g/mol. The third kappa shape index (κ3) is 5.61. The Morgan fingerprint density at radius 1 is 1.40 bits per heavy atom.